The van der Waals surface area contributed by atoms with Crippen LogP contribution in [0.15, 0.2) is 60.3 Å². The van der Waals surface area contributed by atoms with E-state index in [1.807, 2.05) is 4.57 Å². The van der Waals surface area contributed by atoms with Gasteiger partial charge in [-0.15, -0.1) is 16.8 Å². The average Bonchev–Trinajstić information content (AvgIpc) is 3.18. The molecule has 3 aromatic rings. The number of hydrogen-bond acceptors (Lipinski definition) is 7. The summed E-state index contributed by atoms with van der Waals surface area (Å²) in [5, 5.41) is 8.95. The Labute approximate surface area is 182 Å². The molecule has 0 aliphatic carbocycles. The van der Waals surface area contributed by atoms with E-state index in [9.17, 15) is 9.18 Å². The summed E-state index contributed by atoms with van der Waals surface area (Å²) in [6, 6.07) is 10.9. The standard InChI is InChI=1S/C22H20FN3O4S/c1-2-9-26-21(13-30-17-6-4-16(23)5-7-17)24-25-22(26)31-14-18(27)15-3-8-19-20(12-15)29-11-10-28-19/h2-8,12H,1,9-11,13-14H2. The predicted molar refractivity (Wildman–Crippen MR) is 113 cm³/mol. The summed E-state index contributed by atoms with van der Waals surface area (Å²) >= 11 is 1.29. The van der Waals surface area contributed by atoms with Crippen molar-refractivity contribution in [2.45, 2.75) is 18.3 Å². The zero-order valence-electron chi connectivity index (χ0n) is 16.6. The van der Waals surface area contributed by atoms with Crippen LogP contribution in [0.2, 0.25) is 0 Å². The van der Waals surface area contributed by atoms with E-state index < -0.39 is 0 Å². The molecule has 0 radical (unpaired) electrons. The van der Waals surface area contributed by atoms with Gasteiger partial charge in [0.15, 0.2) is 28.3 Å². The molecule has 0 N–H and O–H groups in total. The van der Waals surface area contributed by atoms with Crippen molar-refractivity contribution in [1.82, 2.24) is 14.8 Å². The van der Waals surface area contributed by atoms with Crippen LogP contribution in [0, 0.1) is 5.82 Å². The predicted octanol–water partition coefficient (Wildman–Crippen LogP) is 3.93. The molecule has 1 aliphatic rings. The van der Waals surface area contributed by atoms with Crippen LogP contribution < -0.4 is 14.2 Å². The third-order valence-electron chi connectivity index (χ3n) is 4.48. The fourth-order valence-corrected chi connectivity index (χ4v) is 3.82. The Balaban J connectivity index is 1.41. The summed E-state index contributed by atoms with van der Waals surface area (Å²) in [6.07, 6.45) is 1.72. The van der Waals surface area contributed by atoms with E-state index >= 15 is 0 Å². The van der Waals surface area contributed by atoms with Gasteiger partial charge < -0.3 is 14.2 Å². The van der Waals surface area contributed by atoms with Crippen LogP contribution >= 0.6 is 11.8 Å². The molecule has 0 bridgehead atoms. The molecule has 0 amide bonds. The summed E-state index contributed by atoms with van der Waals surface area (Å²) < 4.78 is 31.6. The van der Waals surface area contributed by atoms with E-state index in [2.05, 4.69) is 16.8 Å². The van der Waals surface area contributed by atoms with Crippen LogP contribution in [-0.4, -0.2) is 39.5 Å². The van der Waals surface area contributed by atoms with Gasteiger partial charge in [0.1, 0.15) is 31.4 Å². The minimum atomic E-state index is -0.330. The third kappa shape index (κ3) is 5.05. The summed E-state index contributed by atoms with van der Waals surface area (Å²) in [5.41, 5.74) is 0.548. The number of hydrogen-bond donors (Lipinski definition) is 0. The molecule has 0 unspecified atom stereocenters. The highest BCUT2D eigenvalue weighted by Crippen LogP contribution is 2.31. The topological polar surface area (TPSA) is 75.5 Å². The minimum absolute atomic E-state index is 0.0563. The van der Waals surface area contributed by atoms with E-state index in [1.165, 1.54) is 23.9 Å². The molecule has 1 aromatic heterocycles. The van der Waals surface area contributed by atoms with Gasteiger partial charge in [-0.25, -0.2) is 4.39 Å². The lowest BCUT2D eigenvalue weighted by atomic mass is 10.1. The normalized spacial score (nSPS) is 12.4. The maximum Gasteiger partial charge on any atom is 0.192 e. The lowest BCUT2D eigenvalue weighted by Gasteiger charge is -2.18. The molecule has 0 fully saturated rings. The van der Waals surface area contributed by atoms with Crippen LogP contribution in [0.5, 0.6) is 17.2 Å². The first-order valence-corrected chi connectivity index (χ1v) is 10.6. The molecule has 1 aliphatic heterocycles. The molecule has 2 aromatic carbocycles. The Morgan fingerprint density at radius 3 is 2.71 bits per heavy atom. The number of rotatable bonds is 9. The zero-order chi connectivity index (χ0) is 21.6. The molecular formula is C22H20FN3O4S. The first-order valence-electron chi connectivity index (χ1n) is 9.61. The van der Waals surface area contributed by atoms with Crippen molar-refractivity contribution >= 4 is 17.5 Å². The number of allylic oxidation sites excluding steroid dienone is 1. The van der Waals surface area contributed by atoms with E-state index in [4.69, 9.17) is 14.2 Å². The molecule has 0 spiro atoms. The van der Waals surface area contributed by atoms with Gasteiger partial charge in [0.2, 0.25) is 0 Å². The second-order valence-corrected chi connectivity index (χ2v) is 7.55. The van der Waals surface area contributed by atoms with E-state index in [0.717, 1.165) is 0 Å². The van der Waals surface area contributed by atoms with Gasteiger partial charge in [-0.1, -0.05) is 17.8 Å². The van der Waals surface area contributed by atoms with Crippen LogP contribution in [-0.2, 0) is 13.2 Å². The first-order chi connectivity index (χ1) is 15.1. The summed E-state index contributed by atoms with van der Waals surface area (Å²) in [5.74, 6) is 2.14. The zero-order valence-corrected chi connectivity index (χ0v) is 17.4. The second kappa shape index (κ2) is 9.65. The highest BCUT2D eigenvalue weighted by molar-refractivity contribution is 7.99. The van der Waals surface area contributed by atoms with Crippen molar-refractivity contribution in [3.8, 4) is 17.2 Å². The molecular weight excluding hydrogens is 421 g/mol. The largest absolute Gasteiger partial charge is 0.486 e. The molecule has 31 heavy (non-hydrogen) atoms. The van der Waals surface area contributed by atoms with Crippen molar-refractivity contribution in [3.05, 3.63) is 72.3 Å². The van der Waals surface area contributed by atoms with Crippen LogP contribution in [0.25, 0.3) is 0 Å². The van der Waals surface area contributed by atoms with E-state index in [1.54, 1.807) is 36.4 Å². The first kappa shape index (κ1) is 20.9. The van der Waals surface area contributed by atoms with Crippen molar-refractivity contribution < 1.29 is 23.4 Å². The van der Waals surface area contributed by atoms with E-state index in [-0.39, 0.29) is 24.0 Å². The van der Waals surface area contributed by atoms with Crippen molar-refractivity contribution in [2.75, 3.05) is 19.0 Å². The molecule has 160 valence electrons. The van der Waals surface area contributed by atoms with Gasteiger partial charge in [0.05, 0.1) is 5.75 Å². The number of aromatic nitrogens is 3. The SMILES string of the molecule is C=CCn1c(COc2ccc(F)cc2)nnc1SCC(=O)c1ccc2c(c1)OCCO2. The van der Waals surface area contributed by atoms with Crippen molar-refractivity contribution in [1.29, 1.82) is 0 Å². The second-order valence-electron chi connectivity index (χ2n) is 6.61. The number of halogens is 1. The molecule has 0 saturated heterocycles. The van der Waals surface area contributed by atoms with E-state index in [0.29, 0.717) is 53.6 Å². The Bertz CT molecular complexity index is 1080. The Morgan fingerprint density at radius 1 is 1.16 bits per heavy atom. The summed E-state index contributed by atoms with van der Waals surface area (Å²) in [4.78, 5) is 12.7. The van der Waals surface area contributed by atoms with Crippen LogP contribution in [0.4, 0.5) is 4.39 Å². The molecule has 7 nitrogen and oxygen atoms in total. The number of ketones is 1. The quantitative estimate of drug-likeness (QED) is 0.283. The number of carbonyl (C=O) groups is 1. The lowest BCUT2D eigenvalue weighted by Crippen LogP contribution is -2.16. The Kier molecular flexibility index (Phi) is 6.51. The fraction of sp³-hybridized carbons (Fsp3) is 0.227. The Hall–Kier alpha value is -3.33. The van der Waals surface area contributed by atoms with Gasteiger partial charge >= 0.3 is 0 Å². The lowest BCUT2D eigenvalue weighted by molar-refractivity contribution is 0.102. The highest BCUT2D eigenvalue weighted by Gasteiger charge is 2.18. The summed E-state index contributed by atoms with van der Waals surface area (Å²) in [7, 11) is 0. The number of nitrogens with zero attached hydrogens (tertiary/aromatic N) is 3. The number of ether oxygens (including phenoxy) is 3. The van der Waals surface area contributed by atoms with Crippen molar-refractivity contribution in [2.24, 2.45) is 0 Å². The maximum absolute atomic E-state index is 13.0. The number of benzene rings is 2. The van der Waals surface area contributed by atoms with Crippen molar-refractivity contribution in [3.63, 3.8) is 0 Å². The highest BCUT2D eigenvalue weighted by atomic mass is 32.2. The molecule has 4 rings (SSSR count). The number of thioether (sulfide) groups is 1. The maximum atomic E-state index is 13.0. The van der Waals surface area contributed by atoms with Gasteiger partial charge in [0, 0.05) is 12.1 Å². The molecule has 0 atom stereocenters. The van der Waals surface area contributed by atoms with Gasteiger partial charge in [-0.2, -0.15) is 0 Å². The van der Waals surface area contributed by atoms with Gasteiger partial charge in [0.25, 0.3) is 0 Å². The summed E-state index contributed by atoms with van der Waals surface area (Å²) in [6.45, 7) is 5.36. The monoisotopic (exact) mass is 441 g/mol. The fourth-order valence-electron chi connectivity index (χ4n) is 2.95. The minimum Gasteiger partial charge on any atom is -0.486 e. The van der Waals surface area contributed by atoms with Crippen LogP contribution in [0.1, 0.15) is 16.2 Å². The molecule has 0 saturated carbocycles. The number of Topliss-reactive ketones (excluding diaryl/α,β-unsaturated/α-hetero) is 1. The average molecular weight is 441 g/mol. The number of carbonyl (C=O) groups excluding carboxylic acids is 1. The third-order valence-corrected chi connectivity index (χ3v) is 5.45. The Morgan fingerprint density at radius 2 is 1.94 bits per heavy atom. The van der Waals surface area contributed by atoms with Gasteiger partial charge in [-0.05, 0) is 42.5 Å². The number of fused-ring (bicyclic) bond motifs is 1. The van der Waals surface area contributed by atoms with Crippen LogP contribution in [0.3, 0.4) is 0 Å². The van der Waals surface area contributed by atoms with Gasteiger partial charge in [-0.3, -0.25) is 9.36 Å². The molecule has 9 heteroatoms. The molecule has 2 heterocycles. The smallest absolute Gasteiger partial charge is 0.192 e.